The highest BCUT2D eigenvalue weighted by Gasteiger charge is 2.21. The number of nitrogens with zero attached hydrogens (tertiary/aromatic N) is 4. The minimum absolute atomic E-state index is 0.134. The summed E-state index contributed by atoms with van der Waals surface area (Å²) >= 11 is 1.57. The van der Waals surface area contributed by atoms with Crippen LogP contribution in [0.4, 0.5) is 5.82 Å². The van der Waals surface area contributed by atoms with Crippen molar-refractivity contribution in [2.24, 2.45) is 5.92 Å². The van der Waals surface area contributed by atoms with Crippen LogP contribution in [-0.2, 0) is 4.79 Å². The standard InChI is InChI=1S/C21H24N6O2S/c28-20-7-14(10-25-20)1-6-29-18-9-15(8-16-21(18)30-13-26-16)17-11-24-19(12-23-17)27-4-2-22-3-5-27/h8-9,11-14,22H,1-7,10H2,(H,25,28)/t14-/m1/s1. The highest BCUT2D eigenvalue weighted by atomic mass is 32.1. The van der Waals surface area contributed by atoms with Crippen LogP contribution in [0.1, 0.15) is 12.8 Å². The van der Waals surface area contributed by atoms with Crippen LogP contribution in [0.15, 0.2) is 30.0 Å². The molecule has 30 heavy (non-hydrogen) atoms. The summed E-state index contributed by atoms with van der Waals surface area (Å²) in [7, 11) is 0. The second-order valence-electron chi connectivity index (χ2n) is 7.68. The van der Waals surface area contributed by atoms with Crippen LogP contribution < -0.4 is 20.3 Å². The van der Waals surface area contributed by atoms with Crippen molar-refractivity contribution in [1.82, 2.24) is 25.6 Å². The first-order valence-corrected chi connectivity index (χ1v) is 11.2. The van der Waals surface area contributed by atoms with E-state index < -0.39 is 0 Å². The lowest BCUT2D eigenvalue weighted by Crippen LogP contribution is -2.43. The number of rotatable bonds is 6. The predicted molar refractivity (Wildman–Crippen MR) is 117 cm³/mol. The lowest BCUT2D eigenvalue weighted by Gasteiger charge is -2.28. The summed E-state index contributed by atoms with van der Waals surface area (Å²) in [6, 6.07) is 4.06. The van der Waals surface area contributed by atoms with Gasteiger partial charge in [0.25, 0.3) is 0 Å². The lowest BCUT2D eigenvalue weighted by molar-refractivity contribution is -0.119. The summed E-state index contributed by atoms with van der Waals surface area (Å²) in [5, 5.41) is 6.23. The maximum Gasteiger partial charge on any atom is 0.220 e. The fourth-order valence-corrected chi connectivity index (χ4v) is 4.66. The van der Waals surface area contributed by atoms with Crippen molar-refractivity contribution in [3.8, 4) is 17.0 Å². The van der Waals surface area contributed by atoms with Gasteiger partial charge >= 0.3 is 0 Å². The smallest absolute Gasteiger partial charge is 0.220 e. The molecule has 5 rings (SSSR count). The van der Waals surface area contributed by atoms with Crippen LogP contribution in [0.3, 0.4) is 0 Å². The molecule has 2 aromatic heterocycles. The monoisotopic (exact) mass is 424 g/mol. The van der Waals surface area contributed by atoms with Crippen LogP contribution in [0.25, 0.3) is 21.5 Å². The Morgan fingerprint density at radius 1 is 1.17 bits per heavy atom. The first kappa shape index (κ1) is 19.2. The van der Waals surface area contributed by atoms with Crippen LogP contribution in [0.5, 0.6) is 5.75 Å². The molecular weight excluding hydrogens is 400 g/mol. The van der Waals surface area contributed by atoms with Crippen molar-refractivity contribution >= 4 is 33.3 Å². The molecule has 4 heterocycles. The summed E-state index contributed by atoms with van der Waals surface area (Å²) in [6.07, 6.45) is 5.11. The van der Waals surface area contributed by atoms with E-state index in [4.69, 9.17) is 4.74 Å². The number of fused-ring (bicyclic) bond motifs is 1. The Kier molecular flexibility index (Phi) is 5.46. The third kappa shape index (κ3) is 4.08. The van der Waals surface area contributed by atoms with Crippen LogP contribution in [-0.4, -0.2) is 60.2 Å². The van der Waals surface area contributed by atoms with E-state index in [1.807, 2.05) is 30.0 Å². The van der Waals surface area contributed by atoms with E-state index in [0.717, 1.165) is 72.2 Å². The molecule has 2 aliphatic rings. The van der Waals surface area contributed by atoms with Gasteiger partial charge in [-0.05, 0) is 24.5 Å². The molecule has 0 radical (unpaired) electrons. The van der Waals surface area contributed by atoms with Crippen LogP contribution in [0.2, 0.25) is 0 Å². The van der Waals surface area contributed by atoms with Gasteiger partial charge in [0, 0.05) is 44.7 Å². The summed E-state index contributed by atoms with van der Waals surface area (Å²) in [5.41, 5.74) is 4.48. The van der Waals surface area contributed by atoms with Gasteiger partial charge in [0.05, 0.1) is 40.4 Å². The third-order valence-electron chi connectivity index (χ3n) is 5.62. The summed E-state index contributed by atoms with van der Waals surface area (Å²) in [6.45, 7) is 5.14. The van der Waals surface area contributed by atoms with E-state index in [1.165, 1.54) is 0 Å². The molecule has 0 spiro atoms. The lowest BCUT2D eigenvalue weighted by atomic mass is 10.1. The second-order valence-corrected chi connectivity index (χ2v) is 8.54. The van der Waals surface area contributed by atoms with Gasteiger partial charge in [-0.3, -0.25) is 9.78 Å². The van der Waals surface area contributed by atoms with Crippen molar-refractivity contribution in [1.29, 1.82) is 0 Å². The largest absolute Gasteiger partial charge is 0.492 e. The number of hydrogen-bond donors (Lipinski definition) is 2. The number of piperazine rings is 1. The molecule has 9 heteroatoms. The second kappa shape index (κ2) is 8.53. The number of carbonyl (C=O) groups excluding carboxylic acids is 1. The molecule has 2 saturated heterocycles. The topological polar surface area (TPSA) is 92.3 Å². The number of ether oxygens (including phenoxy) is 1. The third-order valence-corrected chi connectivity index (χ3v) is 6.48. The fourth-order valence-electron chi connectivity index (χ4n) is 3.92. The molecule has 0 unspecified atom stereocenters. The van der Waals surface area contributed by atoms with Gasteiger partial charge in [-0.15, -0.1) is 11.3 Å². The number of amides is 1. The molecule has 2 N–H and O–H groups in total. The normalized spacial score (nSPS) is 19.3. The molecule has 2 aliphatic heterocycles. The van der Waals surface area contributed by atoms with Crippen molar-refractivity contribution in [3.63, 3.8) is 0 Å². The highest BCUT2D eigenvalue weighted by molar-refractivity contribution is 7.17. The van der Waals surface area contributed by atoms with Gasteiger partial charge < -0.3 is 20.3 Å². The Morgan fingerprint density at radius 2 is 2.07 bits per heavy atom. The van der Waals surface area contributed by atoms with Gasteiger partial charge in [-0.2, -0.15) is 0 Å². The Labute approximate surface area is 178 Å². The minimum atomic E-state index is 0.134. The molecule has 156 valence electrons. The maximum absolute atomic E-state index is 11.4. The molecule has 3 aromatic rings. The quantitative estimate of drug-likeness (QED) is 0.626. The van der Waals surface area contributed by atoms with Gasteiger partial charge in [-0.1, -0.05) is 0 Å². The Balaban J connectivity index is 1.33. The molecule has 1 aromatic carbocycles. The van der Waals surface area contributed by atoms with Crippen LogP contribution in [0, 0.1) is 5.92 Å². The van der Waals surface area contributed by atoms with Gasteiger partial charge in [0.15, 0.2) is 0 Å². The van der Waals surface area contributed by atoms with Gasteiger partial charge in [0.1, 0.15) is 11.6 Å². The minimum Gasteiger partial charge on any atom is -0.492 e. The zero-order valence-corrected chi connectivity index (χ0v) is 17.5. The van der Waals surface area contributed by atoms with E-state index in [-0.39, 0.29) is 5.91 Å². The first-order chi connectivity index (χ1) is 14.8. The maximum atomic E-state index is 11.4. The van der Waals surface area contributed by atoms with E-state index in [0.29, 0.717) is 18.9 Å². The molecule has 0 bridgehead atoms. The number of nitrogens with one attached hydrogen (secondary N) is 2. The van der Waals surface area contributed by atoms with E-state index in [2.05, 4.69) is 30.5 Å². The highest BCUT2D eigenvalue weighted by Crippen LogP contribution is 2.34. The molecule has 0 saturated carbocycles. The van der Waals surface area contributed by atoms with Crippen molar-refractivity contribution in [2.45, 2.75) is 12.8 Å². The molecule has 2 fully saturated rings. The Morgan fingerprint density at radius 3 is 2.83 bits per heavy atom. The van der Waals surface area contributed by atoms with E-state index in [1.54, 1.807) is 11.3 Å². The van der Waals surface area contributed by atoms with Gasteiger partial charge in [0.2, 0.25) is 5.91 Å². The number of hydrogen-bond acceptors (Lipinski definition) is 8. The predicted octanol–water partition coefficient (Wildman–Crippen LogP) is 2.07. The molecular formula is C21H24N6O2S. The molecule has 1 atom stereocenters. The molecule has 1 amide bonds. The van der Waals surface area contributed by atoms with Gasteiger partial charge in [-0.25, -0.2) is 9.97 Å². The molecule has 8 nitrogen and oxygen atoms in total. The average Bonchev–Trinajstić information content (AvgIpc) is 3.43. The Hall–Kier alpha value is -2.78. The zero-order valence-electron chi connectivity index (χ0n) is 16.6. The van der Waals surface area contributed by atoms with Crippen molar-refractivity contribution in [3.05, 3.63) is 30.0 Å². The SMILES string of the molecule is O=C1C[C@@H](CCOc2cc(-c3cnc(N4CCNCC4)cn3)cc3ncsc23)CN1. The summed E-state index contributed by atoms with van der Waals surface area (Å²) < 4.78 is 7.16. The first-order valence-electron chi connectivity index (χ1n) is 10.3. The van der Waals surface area contributed by atoms with Crippen molar-refractivity contribution in [2.75, 3.05) is 44.2 Å². The number of carbonyl (C=O) groups is 1. The zero-order chi connectivity index (χ0) is 20.3. The van der Waals surface area contributed by atoms with Crippen molar-refractivity contribution < 1.29 is 9.53 Å². The summed E-state index contributed by atoms with van der Waals surface area (Å²) in [5.74, 6) is 2.21. The summed E-state index contributed by atoms with van der Waals surface area (Å²) in [4.78, 5) is 27.4. The fraction of sp³-hybridized carbons (Fsp3) is 0.429. The van der Waals surface area contributed by atoms with E-state index >= 15 is 0 Å². The number of aromatic nitrogens is 3. The number of anilines is 1. The molecule has 0 aliphatic carbocycles. The number of benzene rings is 1. The average molecular weight is 425 g/mol. The van der Waals surface area contributed by atoms with Crippen LogP contribution >= 0.6 is 11.3 Å². The Bertz CT molecular complexity index is 1030. The number of thiazole rings is 1. The van der Waals surface area contributed by atoms with E-state index in [9.17, 15) is 4.79 Å².